The van der Waals surface area contributed by atoms with Crippen LogP contribution in [0.25, 0.3) is 0 Å². The third-order valence-electron chi connectivity index (χ3n) is 14.3. The smallest absolute Gasteiger partial charge is 0.329 e. The lowest BCUT2D eigenvalue weighted by molar-refractivity contribution is -0.144. The summed E-state index contributed by atoms with van der Waals surface area (Å²) in [4.78, 5) is 22.8. The zero-order chi connectivity index (χ0) is 39.7. The molecule has 3 unspecified atom stereocenters. The number of pyridine rings is 1. The van der Waals surface area contributed by atoms with Gasteiger partial charge in [-0.25, -0.2) is 4.79 Å². The number of aliphatic carboxylic acids is 1. The maximum Gasteiger partial charge on any atom is 0.329 e. The van der Waals surface area contributed by atoms with Crippen LogP contribution in [0.15, 0.2) is 48.7 Å². The minimum absolute atomic E-state index is 0.181. The van der Waals surface area contributed by atoms with Crippen LogP contribution in [0.4, 0.5) is 5.69 Å². The Morgan fingerprint density at radius 3 is 2.61 bits per heavy atom. The molecule has 0 bridgehead atoms. The molecule has 0 amide bonds. The molecule has 5 atom stereocenters. The topological polar surface area (TPSA) is 96.4 Å². The van der Waals surface area contributed by atoms with Gasteiger partial charge in [-0.1, -0.05) is 37.9 Å². The third-order valence-corrected chi connectivity index (χ3v) is 14.6. The van der Waals surface area contributed by atoms with Gasteiger partial charge in [0.15, 0.2) is 11.5 Å². The Labute approximate surface area is 344 Å². The predicted octanol–water partition coefficient (Wildman–Crippen LogP) is 9.00. The summed E-state index contributed by atoms with van der Waals surface area (Å²) >= 11 is 6.34. The molecule has 2 aromatic carbocycles. The summed E-state index contributed by atoms with van der Waals surface area (Å²) in [7, 11) is 4.49. The summed E-state index contributed by atoms with van der Waals surface area (Å²) in [5.74, 6) is 3.20. The average molecular weight is 799 g/mol. The van der Waals surface area contributed by atoms with Crippen LogP contribution in [0, 0.1) is 17.8 Å². The molecule has 9 nitrogen and oxygen atoms in total. The lowest BCUT2D eigenvalue weighted by Crippen LogP contribution is -2.53. The van der Waals surface area contributed by atoms with E-state index in [0.29, 0.717) is 61.5 Å². The first-order chi connectivity index (χ1) is 27.5. The van der Waals surface area contributed by atoms with Crippen molar-refractivity contribution in [1.29, 1.82) is 0 Å². The number of carbonyl (C=O) groups is 1. The van der Waals surface area contributed by atoms with Crippen LogP contribution >= 0.6 is 11.6 Å². The van der Waals surface area contributed by atoms with Crippen LogP contribution in [0.5, 0.6) is 17.2 Å². The number of benzene rings is 2. The van der Waals surface area contributed by atoms with Crippen molar-refractivity contribution in [2.75, 3.05) is 58.9 Å². The van der Waals surface area contributed by atoms with Gasteiger partial charge in [-0.05, 0) is 162 Å². The highest BCUT2D eigenvalue weighted by Crippen LogP contribution is 2.58. The summed E-state index contributed by atoms with van der Waals surface area (Å²) in [6.45, 7) is 9.67. The van der Waals surface area contributed by atoms with Gasteiger partial charge >= 0.3 is 5.97 Å². The molecule has 1 spiro atoms. The Hall–Kier alpha value is -3.53. The number of aromatic nitrogens is 1. The van der Waals surface area contributed by atoms with Gasteiger partial charge < -0.3 is 34.4 Å². The van der Waals surface area contributed by atoms with E-state index in [1.165, 1.54) is 61.0 Å². The maximum absolute atomic E-state index is 13.1. The summed E-state index contributed by atoms with van der Waals surface area (Å²) in [5.41, 5.74) is 4.59. The number of fused-ring (bicyclic) bond motifs is 4. The Morgan fingerprint density at radius 1 is 1.07 bits per heavy atom. The van der Waals surface area contributed by atoms with E-state index in [0.717, 1.165) is 68.1 Å². The molecule has 0 radical (unpaired) electrons. The van der Waals surface area contributed by atoms with Crippen molar-refractivity contribution in [2.24, 2.45) is 17.8 Å². The first kappa shape index (κ1) is 40.3. The van der Waals surface area contributed by atoms with E-state index in [1.54, 1.807) is 0 Å². The van der Waals surface area contributed by atoms with Crippen molar-refractivity contribution in [2.45, 2.75) is 114 Å². The molecule has 3 heterocycles. The minimum Gasteiger partial charge on any atom is -0.493 e. The molecule has 1 saturated carbocycles. The molecule has 2 fully saturated rings. The molecule has 3 aromatic rings. The SMILES string of the molecule is C[C@@H](COc1ccnc2c1[C@H](C)CCC2)CC1Cc2cc3c(cc2C12CCC(Nc1cccc(Cl)c1)(C(=O)O)CC2)OCC(CN(C)CC1CCCCN1C)CO3. The highest BCUT2D eigenvalue weighted by atomic mass is 35.5. The molecule has 57 heavy (non-hydrogen) atoms. The van der Waals surface area contributed by atoms with Crippen molar-refractivity contribution in [1.82, 2.24) is 14.8 Å². The first-order valence-electron chi connectivity index (χ1n) is 21.7. The molecular weight excluding hydrogens is 736 g/mol. The summed E-state index contributed by atoms with van der Waals surface area (Å²) in [6, 6.07) is 14.6. The zero-order valence-electron chi connectivity index (χ0n) is 34.5. The number of ether oxygens (including phenoxy) is 3. The molecule has 1 aromatic heterocycles. The second-order valence-electron chi connectivity index (χ2n) is 18.5. The van der Waals surface area contributed by atoms with Gasteiger partial charge in [0.2, 0.25) is 0 Å². The van der Waals surface area contributed by atoms with E-state index in [4.69, 9.17) is 30.8 Å². The highest BCUT2D eigenvalue weighted by Gasteiger charge is 2.54. The monoisotopic (exact) mass is 798 g/mol. The maximum atomic E-state index is 13.1. The molecule has 10 heteroatoms. The normalized spacial score (nSPS) is 29.0. The van der Waals surface area contributed by atoms with Crippen LogP contribution in [0.2, 0.25) is 5.02 Å². The lowest BCUT2D eigenvalue weighted by Gasteiger charge is -2.47. The third kappa shape index (κ3) is 8.49. The number of anilines is 1. The number of piperidine rings is 1. The molecule has 5 aliphatic rings. The van der Waals surface area contributed by atoms with Crippen molar-refractivity contribution in [3.63, 3.8) is 0 Å². The van der Waals surface area contributed by atoms with E-state index in [-0.39, 0.29) is 11.3 Å². The predicted molar refractivity (Wildman–Crippen MR) is 226 cm³/mol. The number of likely N-dealkylation sites (tertiary alicyclic amines) is 1. The van der Waals surface area contributed by atoms with Gasteiger partial charge in [0.25, 0.3) is 0 Å². The largest absolute Gasteiger partial charge is 0.493 e. The summed E-state index contributed by atoms with van der Waals surface area (Å²) in [6.07, 6.45) is 13.6. The Kier molecular flexibility index (Phi) is 12.0. The van der Waals surface area contributed by atoms with Crippen molar-refractivity contribution < 1.29 is 24.1 Å². The van der Waals surface area contributed by atoms with Gasteiger partial charge in [0.05, 0.1) is 19.8 Å². The molecule has 2 aliphatic heterocycles. The highest BCUT2D eigenvalue weighted by molar-refractivity contribution is 6.30. The average Bonchev–Trinajstić information content (AvgIpc) is 3.31. The second-order valence-corrected chi connectivity index (χ2v) is 18.9. The van der Waals surface area contributed by atoms with Gasteiger partial charge in [-0.2, -0.15) is 0 Å². The van der Waals surface area contributed by atoms with Crippen molar-refractivity contribution in [3.05, 3.63) is 76.1 Å². The zero-order valence-corrected chi connectivity index (χ0v) is 35.3. The quantitative estimate of drug-likeness (QED) is 0.186. The number of carboxylic acid groups (broad SMARTS) is 1. The fourth-order valence-corrected chi connectivity index (χ4v) is 11.3. The van der Waals surface area contributed by atoms with E-state index in [1.807, 2.05) is 36.5 Å². The van der Waals surface area contributed by atoms with E-state index in [9.17, 15) is 9.90 Å². The minimum atomic E-state index is -1.08. The standard InChI is InChI=1S/C47H63ClN4O5/c1-31(28-55-41-14-19-49-40-13-7-9-32(2)44(40)41)21-35-22-34-23-42-43(57-30-33(29-56-42)26-51(3)27-38-12-5-6-20-52(38)4)25-39(34)46(35)15-17-47(18-16-46,45(53)54)50-37-11-8-10-36(48)24-37/h8,10-11,14,19,23-25,31-33,35,38,50H,5-7,9,12-13,15-18,20-22,26-30H2,1-4H3,(H,53,54)/t31-,32-,33?,35?,38?,46?,47?/m1/s1. The number of aryl methyl sites for hydroxylation is 1. The number of likely N-dealkylation sites (N-methyl/N-ethyl adjacent to an activating group) is 2. The second kappa shape index (κ2) is 17.0. The number of rotatable bonds is 12. The summed E-state index contributed by atoms with van der Waals surface area (Å²) in [5, 5.41) is 14.8. The van der Waals surface area contributed by atoms with E-state index < -0.39 is 11.5 Å². The molecular formula is C47H63ClN4O5. The summed E-state index contributed by atoms with van der Waals surface area (Å²) < 4.78 is 19.9. The number of nitrogens with one attached hydrogen (secondary N) is 1. The van der Waals surface area contributed by atoms with E-state index in [2.05, 4.69) is 55.2 Å². The van der Waals surface area contributed by atoms with Crippen LogP contribution in [-0.2, 0) is 23.1 Å². The number of carboxylic acids is 1. The number of hydrogen-bond acceptors (Lipinski definition) is 8. The molecule has 1 saturated heterocycles. The van der Waals surface area contributed by atoms with Gasteiger partial charge in [0.1, 0.15) is 11.3 Å². The number of nitrogens with zero attached hydrogens (tertiary/aromatic N) is 3. The molecule has 3 aliphatic carbocycles. The van der Waals surface area contributed by atoms with E-state index >= 15 is 0 Å². The molecule has 2 N–H and O–H groups in total. The van der Waals surface area contributed by atoms with Crippen LogP contribution in [0.3, 0.4) is 0 Å². The van der Waals surface area contributed by atoms with Gasteiger partial charge in [0, 0.05) is 53.2 Å². The fourth-order valence-electron chi connectivity index (χ4n) is 11.2. The molecule has 308 valence electrons. The van der Waals surface area contributed by atoms with Crippen LogP contribution in [-0.4, -0.2) is 91.0 Å². The number of hydrogen-bond donors (Lipinski definition) is 2. The fraction of sp³-hybridized carbons (Fsp3) is 0.617. The first-order valence-corrected chi connectivity index (χ1v) is 22.1. The van der Waals surface area contributed by atoms with Crippen molar-refractivity contribution in [3.8, 4) is 17.2 Å². The number of halogens is 1. The Morgan fingerprint density at radius 2 is 1.86 bits per heavy atom. The van der Waals surface area contributed by atoms with Crippen molar-refractivity contribution >= 4 is 23.3 Å². The Bertz CT molecular complexity index is 1900. The Balaban J connectivity index is 1.01. The van der Waals surface area contributed by atoms with Crippen LogP contribution in [0.1, 0.15) is 106 Å². The molecule has 8 rings (SSSR count). The van der Waals surface area contributed by atoms with Gasteiger partial charge in [-0.15, -0.1) is 0 Å². The lowest BCUT2D eigenvalue weighted by atomic mass is 9.59. The van der Waals surface area contributed by atoms with Gasteiger partial charge in [-0.3, -0.25) is 4.98 Å². The van der Waals surface area contributed by atoms with Crippen LogP contribution < -0.4 is 19.5 Å².